The molecule has 2 saturated carbocycles. The molecule has 5 rings (SSSR count). The van der Waals surface area contributed by atoms with E-state index in [9.17, 15) is 5.11 Å². The van der Waals surface area contributed by atoms with Gasteiger partial charge in [0.05, 0.1) is 0 Å². The average molecular weight is 491 g/mol. The summed E-state index contributed by atoms with van der Waals surface area (Å²) in [7, 11) is 0. The largest absolute Gasteiger partial charge is 0.382 e. The Kier molecular flexibility index (Phi) is 7.03. The molecule has 3 aromatic heterocycles. The molecule has 0 radical (unpaired) electrons. The Morgan fingerprint density at radius 2 is 1.78 bits per heavy atom. The van der Waals surface area contributed by atoms with Gasteiger partial charge in [-0.1, -0.05) is 39.5 Å². The van der Waals surface area contributed by atoms with E-state index in [1.807, 2.05) is 6.20 Å². The van der Waals surface area contributed by atoms with Crippen LogP contribution in [0.2, 0.25) is 0 Å². The Balaban J connectivity index is 1.68. The standard InChI is InChI=1S/C29H42N6O/c1-18(2)22-14-15-30-23(16-22)27-32-26-24(35(27)17-20-10-7-6-8-11-20)25(31-19(3)21-12-9-13-21)33-28(34-26)29(4,5)36/h14-16,18-21,36H,6-13,17H2,1-5H3,(H,31,33,34)/t19-/m1/s1. The molecule has 0 amide bonds. The molecule has 0 spiro atoms. The lowest BCUT2D eigenvalue weighted by atomic mass is 9.80. The van der Waals surface area contributed by atoms with Gasteiger partial charge in [0.15, 0.2) is 23.1 Å². The number of aliphatic hydroxyl groups is 1. The van der Waals surface area contributed by atoms with Gasteiger partial charge in [0.25, 0.3) is 0 Å². The summed E-state index contributed by atoms with van der Waals surface area (Å²) in [5.74, 6) is 3.69. The topological polar surface area (TPSA) is 88.8 Å². The van der Waals surface area contributed by atoms with Gasteiger partial charge in [-0.15, -0.1) is 0 Å². The molecule has 0 unspecified atom stereocenters. The molecule has 0 saturated heterocycles. The molecule has 36 heavy (non-hydrogen) atoms. The zero-order valence-corrected chi connectivity index (χ0v) is 22.6. The lowest BCUT2D eigenvalue weighted by Crippen LogP contribution is -2.32. The Labute approximate surface area is 215 Å². The molecule has 7 nitrogen and oxygen atoms in total. The SMILES string of the molecule is CC(C)c1ccnc(-c2nc3nc(C(C)(C)O)nc(N[C@H](C)C4CCC4)c3n2CC2CCCCC2)c1. The Hall–Kier alpha value is -2.54. The Morgan fingerprint density at radius 3 is 2.42 bits per heavy atom. The molecule has 2 N–H and O–H groups in total. The van der Waals surface area contributed by atoms with Crippen LogP contribution in [0.5, 0.6) is 0 Å². The number of rotatable bonds is 8. The number of aromatic nitrogens is 5. The Morgan fingerprint density at radius 1 is 1.03 bits per heavy atom. The van der Waals surface area contributed by atoms with Crippen molar-refractivity contribution in [1.29, 1.82) is 0 Å². The monoisotopic (exact) mass is 490 g/mol. The number of nitrogens with one attached hydrogen (secondary N) is 1. The molecule has 2 aliphatic rings. The number of fused-ring (bicyclic) bond motifs is 1. The maximum absolute atomic E-state index is 10.8. The zero-order valence-electron chi connectivity index (χ0n) is 22.6. The normalized spacial score (nSPS) is 18.5. The minimum absolute atomic E-state index is 0.301. The second-order valence-electron chi connectivity index (χ2n) is 11.9. The molecule has 7 heteroatoms. The van der Waals surface area contributed by atoms with E-state index < -0.39 is 5.60 Å². The van der Waals surface area contributed by atoms with Crippen molar-refractivity contribution in [2.24, 2.45) is 11.8 Å². The third kappa shape index (κ3) is 5.13. The number of nitrogens with zero attached hydrogens (tertiary/aromatic N) is 5. The van der Waals surface area contributed by atoms with E-state index in [0.717, 1.165) is 29.4 Å². The minimum Gasteiger partial charge on any atom is -0.382 e. The first kappa shape index (κ1) is 25.1. The van der Waals surface area contributed by atoms with Gasteiger partial charge in [-0.05, 0) is 81.9 Å². The van der Waals surface area contributed by atoms with E-state index >= 15 is 0 Å². The quantitative estimate of drug-likeness (QED) is 0.379. The summed E-state index contributed by atoms with van der Waals surface area (Å²) in [5.41, 5.74) is 2.53. The van der Waals surface area contributed by atoms with Crippen LogP contribution in [0.4, 0.5) is 5.82 Å². The fraction of sp³-hybridized carbons (Fsp3) is 0.655. The second-order valence-corrected chi connectivity index (χ2v) is 11.9. The highest BCUT2D eigenvalue weighted by molar-refractivity contribution is 5.87. The predicted molar refractivity (Wildman–Crippen MR) is 145 cm³/mol. The van der Waals surface area contributed by atoms with Gasteiger partial charge in [0.2, 0.25) is 0 Å². The van der Waals surface area contributed by atoms with E-state index in [1.54, 1.807) is 13.8 Å². The molecule has 0 aliphatic heterocycles. The van der Waals surface area contributed by atoms with Crippen LogP contribution >= 0.6 is 0 Å². The highest BCUT2D eigenvalue weighted by Gasteiger charge is 2.30. The number of hydrogen-bond donors (Lipinski definition) is 2. The molecular weight excluding hydrogens is 448 g/mol. The van der Waals surface area contributed by atoms with E-state index in [4.69, 9.17) is 19.9 Å². The van der Waals surface area contributed by atoms with Crippen LogP contribution in [0.1, 0.15) is 103 Å². The molecule has 0 bridgehead atoms. The van der Waals surface area contributed by atoms with Crippen LogP contribution in [0.25, 0.3) is 22.7 Å². The third-order valence-corrected chi connectivity index (χ3v) is 8.22. The molecule has 2 aliphatic carbocycles. The zero-order chi connectivity index (χ0) is 25.4. The predicted octanol–water partition coefficient (Wildman–Crippen LogP) is 6.42. The van der Waals surface area contributed by atoms with Crippen molar-refractivity contribution in [2.45, 2.75) is 110 Å². The van der Waals surface area contributed by atoms with Crippen molar-refractivity contribution in [2.75, 3.05) is 5.32 Å². The van der Waals surface area contributed by atoms with Crippen LogP contribution in [0, 0.1) is 11.8 Å². The average Bonchev–Trinajstić information content (AvgIpc) is 3.16. The fourth-order valence-electron chi connectivity index (χ4n) is 5.61. The number of hydrogen-bond acceptors (Lipinski definition) is 6. The number of anilines is 1. The van der Waals surface area contributed by atoms with Gasteiger partial charge in [0.1, 0.15) is 16.8 Å². The van der Waals surface area contributed by atoms with E-state index in [-0.39, 0.29) is 0 Å². The highest BCUT2D eigenvalue weighted by Crippen LogP contribution is 2.36. The van der Waals surface area contributed by atoms with E-state index in [0.29, 0.717) is 35.3 Å². The molecule has 2 fully saturated rings. The van der Waals surface area contributed by atoms with Gasteiger partial charge in [0, 0.05) is 18.8 Å². The molecule has 194 valence electrons. The van der Waals surface area contributed by atoms with E-state index in [1.165, 1.54) is 56.9 Å². The van der Waals surface area contributed by atoms with Crippen molar-refractivity contribution in [3.05, 3.63) is 29.7 Å². The van der Waals surface area contributed by atoms with Crippen LogP contribution in [-0.4, -0.2) is 35.7 Å². The van der Waals surface area contributed by atoms with Gasteiger partial charge in [-0.3, -0.25) is 4.98 Å². The van der Waals surface area contributed by atoms with E-state index in [2.05, 4.69) is 42.8 Å². The first-order valence-corrected chi connectivity index (χ1v) is 13.9. The van der Waals surface area contributed by atoms with Crippen LogP contribution < -0.4 is 5.32 Å². The summed E-state index contributed by atoms with van der Waals surface area (Å²) in [6.07, 6.45) is 12.1. The van der Waals surface area contributed by atoms with Crippen molar-refractivity contribution in [3.8, 4) is 11.5 Å². The summed E-state index contributed by atoms with van der Waals surface area (Å²) >= 11 is 0. The summed E-state index contributed by atoms with van der Waals surface area (Å²) in [6, 6.07) is 4.55. The minimum atomic E-state index is -1.16. The van der Waals surface area contributed by atoms with Crippen LogP contribution in [0.15, 0.2) is 18.3 Å². The van der Waals surface area contributed by atoms with Gasteiger partial charge >= 0.3 is 0 Å². The van der Waals surface area contributed by atoms with Gasteiger partial charge < -0.3 is 15.0 Å². The van der Waals surface area contributed by atoms with Crippen molar-refractivity contribution >= 4 is 17.0 Å². The van der Waals surface area contributed by atoms with Crippen molar-refractivity contribution in [3.63, 3.8) is 0 Å². The summed E-state index contributed by atoms with van der Waals surface area (Å²) in [4.78, 5) is 19.5. The highest BCUT2D eigenvalue weighted by atomic mass is 16.3. The maximum atomic E-state index is 10.8. The lowest BCUT2D eigenvalue weighted by molar-refractivity contribution is 0.0692. The lowest BCUT2D eigenvalue weighted by Gasteiger charge is -2.32. The molecular formula is C29H42N6O. The summed E-state index contributed by atoms with van der Waals surface area (Å²) in [5, 5.41) is 14.6. The fourth-order valence-corrected chi connectivity index (χ4v) is 5.61. The molecule has 3 heterocycles. The summed E-state index contributed by atoms with van der Waals surface area (Å²) in [6.45, 7) is 11.0. The van der Waals surface area contributed by atoms with Crippen LogP contribution in [0.3, 0.4) is 0 Å². The van der Waals surface area contributed by atoms with Gasteiger partial charge in [-0.25, -0.2) is 15.0 Å². The first-order chi connectivity index (χ1) is 17.2. The van der Waals surface area contributed by atoms with Crippen molar-refractivity contribution in [1.82, 2.24) is 24.5 Å². The summed E-state index contributed by atoms with van der Waals surface area (Å²) < 4.78 is 2.32. The number of pyridine rings is 1. The van der Waals surface area contributed by atoms with Crippen molar-refractivity contribution < 1.29 is 5.11 Å². The third-order valence-electron chi connectivity index (χ3n) is 8.22. The number of imidazole rings is 1. The maximum Gasteiger partial charge on any atom is 0.184 e. The Bertz CT molecular complexity index is 1200. The molecule has 1 atom stereocenters. The molecule has 3 aromatic rings. The smallest absolute Gasteiger partial charge is 0.184 e. The second kappa shape index (κ2) is 10.1. The first-order valence-electron chi connectivity index (χ1n) is 13.9. The molecule has 0 aromatic carbocycles. The van der Waals surface area contributed by atoms with Gasteiger partial charge in [-0.2, -0.15) is 0 Å². The van der Waals surface area contributed by atoms with Crippen LogP contribution in [-0.2, 0) is 12.1 Å².